The van der Waals surface area contributed by atoms with Crippen LogP contribution in [-0.2, 0) is 4.74 Å². The summed E-state index contributed by atoms with van der Waals surface area (Å²) in [5.41, 5.74) is 2.00. The van der Waals surface area contributed by atoms with Gasteiger partial charge in [-0.25, -0.2) is 4.79 Å². The van der Waals surface area contributed by atoms with Gasteiger partial charge in [-0.1, -0.05) is 48.5 Å². The van der Waals surface area contributed by atoms with Crippen LogP contribution < -0.4 is 5.32 Å². The lowest BCUT2D eigenvalue weighted by Gasteiger charge is -2.39. The molecule has 1 fully saturated rings. The van der Waals surface area contributed by atoms with E-state index >= 15 is 0 Å². The molecule has 2 unspecified atom stereocenters. The van der Waals surface area contributed by atoms with Crippen molar-refractivity contribution in [2.45, 2.75) is 51.7 Å². The van der Waals surface area contributed by atoms with Crippen molar-refractivity contribution in [3.8, 4) is 0 Å². The molecule has 1 aliphatic rings. The highest BCUT2D eigenvalue weighted by molar-refractivity contribution is 7.17. The summed E-state index contributed by atoms with van der Waals surface area (Å²) < 4.78 is 7.14. The predicted octanol–water partition coefficient (Wildman–Crippen LogP) is 6.59. The second-order valence-electron chi connectivity index (χ2n) is 9.77. The Morgan fingerprint density at radius 3 is 2.62 bits per heavy atom. The van der Waals surface area contributed by atoms with E-state index in [0.29, 0.717) is 18.4 Å². The first-order valence-electron chi connectivity index (χ1n) is 11.5. The fourth-order valence-corrected chi connectivity index (χ4v) is 5.72. The molecule has 2 heterocycles. The molecule has 2 aromatic carbocycles. The largest absolute Gasteiger partial charge is 0.444 e. The summed E-state index contributed by atoms with van der Waals surface area (Å²) >= 11 is 1.74. The number of amides is 1. The number of benzene rings is 2. The predicted molar refractivity (Wildman–Crippen MR) is 133 cm³/mol. The Bertz CT molecular complexity index is 1040. The molecular formula is C27H34N2O2S. The van der Waals surface area contributed by atoms with E-state index in [1.54, 1.807) is 11.3 Å². The number of ether oxygens (including phenoxy) is 1. The number of thiophene rings is 1. The van der Waals surface area contributed by atoms with Crippen molar-refractivity contribution in [3.05, 3.63) is 71.1 Å². The number of carbonyl (C=O) groups excluding carboxylic acids is 1. The minimum atomic E-state index is -0.529. The van der Waals surface area contributed by atoms with Gasteiger partial charge in [0.15, 0.2) is 0 Å². The maximum Gasteiger partial charge on any atom is 0.410 e. The summed E-state index contributed by atoms with van der Waals surface area (Å²) in [6.07, 6.45) is 0.807. The first kappa shape index (κ1) is 22.8. The summed E-state index contributed by atoms with van der Waals surface area (Å²) in [7, 11) is 0. The monoisotopic (exact) mass is 450 g/mol. The average molecular weight is 451 g/mol. The first-order valence-corrected chi connectivity index (χ1v) is 12.4. The molecule has 3 aromatic rings. The van der Waals surface area contributed by atoms with Crippen molar-refractivity contribution in [1.82, 2.24) is 10.2 Å². The van der Waals surface area contributed by atoms with Gasteiger partial charge in [0.05, 0.1) is 6.04 Å². The quantitative estimate of drug-likeness (QED) is 0.476. The highest BCUT2D eigenvalue weighted by Crippen LogP contribution is 2.36. The fraction of sp³-hybridized carbons (Fsp3) is 0.444. The molecule has 5 heteroatoms. The van der Waals surface area contributed by atoms with E-state index in [1.807, 2.05) is 25.7 Å². The molecule has 1 N–H and O–H groups in total. The van der Waals surface area contributed by atoms with Crippen molar-refractivity contribution in [1.29, 1.82) is 0 Å². The number of nitrogens with one attached hydrogen (secondary N) is 1. The van der Waals surface area contributed by atoms with Gasteiger partial charge >= 0.3 is 6.09 Å². The van der Waals surface area contributed by atoms with E-state index in [1.165, 1.54) is 21.2 Å². The Labute approximate surface area is 195 Å². The standard InChI is InChI=1S/C27H34N2O2S/c1-19(24-18-32-25-13-9-8-12-22(24)25)29(26(30)31-27(2,3)4)17-21-14-15-28-16-23(21)20-10-6-5-7-11-20/h5-13,18-19,21,23,28H,14-17H2,1-4H3/t19-,21?,23?/m1/s1. The lowest BCUT2D eigenvalue weighted by Crippen LogP contribution is -2.45. The third kappa shape index (κ3) is 5.16. The zero-order chi connectivity index (χ0) is 22.7. The third-order valence-corrected chi connectivity index (χ3v) is 7.32. The Kier molecular flexibility index (Phi) is 6.87. The van der Waals surface area contributed by atoms with Crippen molar-refractivity contribution < 1.29 is 9.53 Å². The molecule has 3 atom stereocenters. The van der Waals surface area contributed by atoms with Crippen molar-refractivity contribution in [2.75, 3.05) is 19.6 Å². The van der Waals surface area contributed by atoms with Gasteiger partial charge in [-0.05, 0) is 74.5 Å². The van der Waals surface area contributed by atoms with Gasteiger partial charge in [-0.15, -0.1) is 11.3 Å². The van der Waals surface area contributed by atoms with Gasteiger partial charge in [0.1, 0.15) is 5.60 Å². The summed E-state index contributed by atoms with van der Waals surface area (Å²) in [5, 5.41) is 6.98. The maximum absolute atomic E-state index is 13.4. The summed E-state index contributed by atoms with van der Waals surface area (Å²) in [6.45, 7) is 10.5. The van der Waals surface area contributed by atoms with Gasteiger partial charge in [-0.3, -0.25) is 0 Å². The molecule has 32 heavy (non-hydrogen) atoms. The number of carbonyl (C=O) groups is 1. The first-order chi connectivity index (χ1) is 15.3. The van der Waals surface area contributed by atoms with E-state index < -0.39 is 5.60 Å². The molecule has 1 aliphatic heterocycles. The third-order valence-electron chi connectivity index (χ3n) is 6.34. The Morgan fingerprint density at radius 1 is 1.16 bits per heavy atom. The smallest absolute Gasteiger partial charge is 0.410 e. The lowest BCUT2D eigenvalue weighted by atomic mass is 9.81. The van der Waals surface area contributed by atoms with Crippen LogP contribution >= 0.6 is 11.3 Å². The van der Waals surface area contributed by atoms with Gasteiger partial charge in [0.25, 0.3) is 0 Å². The lowest BCUT2D eigenvalue weighted by molar-refractivity contribution is 0.0118. The molecular weight excluding hydrogens is 416 g/mol. The van der Waals surface area contributed by atoms with Crippen molar-refractivity contribution in [2.24, 2.45) is 5.92 Å². The van der Waals surface area contributed by atoms with Crippen LogP contribution in [0.4, 0.5) is 4.79 Å². The van der Waals surface area contributed by atoms with Gasteiger partial charge in [0.2, 0.25) is 0 Å². The topological polar surface area (TPSA) is 41.6 Å². The zero-order valence-corrected chi connectivity index (χ0v) is 20.3. The number of hydrogen-bond acceptors (Lipinski definition) is 4. The molecule has 0 bridgehead atoms. The summed E-state index contributed by atoms with van der Waals surface area (Å²) in [4.78, 5) is 15.4. The van der Waals surface area contributed by atoms with Gasteiger partial charge in [0, 0.05) is 23.7 Å². The highest BCUT2D eigenvalue weighted by Gasteiger charge is 2.34. The molecule has 0 aliphatic carbocycles. The molecule has 4 nitrogen and oxygen atoms in total. The van der Waals surface area contributed by atoms with E-state index in [9.17, 15) is 4.79 Å². The minimum absolute atomic E-state index is 0.0627. The fourth-order valence-electron chi connectivity index (χ4n) is 4.68. The minimum Gasteiger partial charge on any atom is -0.444 e. The van der Waals surface area contributed by atoms with Gasteiger partial charge in [-0.2, -0.15) is 0 Å². The number of piperidine rings is 1. The molecule has 170 valence electrons. The molecule has 0 radical (unpaired) electrons. The Balaban J connectivity index is 1.65. The zero-order valence-electron chi connectivity index (χ0n) is 19.5. The normalized spacial score (nSPS) is 20.1. The SMILES string of the molecule is C[C@H](c1csc2ccccc12)N(CC1CCNCC1c1ccccc1)C(=O)OC(C)(C)C. The van der Waals surface area contributed by atoms with Crippen LogP contribution in [0.2, 0.25) is 0 Å². The van der Waals surface area contributed by atoms with Crippen LogP contribution in [-0.4, -0.2) is 36.2 Å². The van der Waals surface area contributed by atoms with Gasteiger partial charge < -0.3 is 15.0 Å². The van der Waals surface area contributed by atoms with Crippen LogP contribution in [0, 0.1) is 5.92 Å². The van der Waals surface area contributed by atoms with Crippen LogP contribution in [0.1, 0.15) is 57.2 Å². The number of hydrogen-bond donors (Lipinski definition) is 1. The molecule has 0 saturated carbocycles. The molecule has 1 saturated heterocycles. The second-order valence-corrected chi connectivity index (χ2v) is 10.7. The van der Waals surface area contributed by atoms with Crippen LogP contribution in [0.15, 0.2) is 60.0 Å². The Hall–Kier alpha value is -2.37. The van der Waals surface area contributed by atoms with E-state index in [4.69, 9.17) is 4.74 Å². The summed E-state index contributed by atoms with van der Waals surface area (Å²) in [6, 6.07) is 19.1. The van der Waals surface area contributed by atoms with E-state index in [-0.39, 0.29) is 12.1 Å². The Morgan fingerprint density at radius 2 is 1.88 bits per heavy atom. The van der Waals surface area contributed by atoms with Crippen LogP contribution in [0.25, 0.3) is 10.1 Å². The molecule has 0 spiro atoms. The summed E-state index contributed by atoms with van der Waals surface area (Å²) in [5.74, 6) is 0.750. The highest BCUT2D eigenvalue weighted by atomic mass is 32.1. The van der Waals surface area contributed by atoms with Crippen LogP contribution in [0.3, 0.4) is 0 Å². The van der Waals surface area contributed by atoms with Crippen LogP contribution in [0.5, 0.6) is 0 Å². The molecule has 1 aromatic heterocycles. The number of rotatable bonds is 5. The second kappa shape index (κ2) is 9.63. The van der Waals surface area contributed by atoms with E-state index in [2.05, 4.69) is 72.2 Å². The van der Waals surface area contributed by atoms with Crippen molar-refractivity contribution >= 4 is 27.5 Å². The number of fused-ring (bicyclic) bond motifs is 1. The molecule has 4 rings (SSSR count). The number of nitrogens with zero attached hydrogens (tertiary/aromatic N) is 1. The van der Waals surface area contributed by atoms with E-state index in [0.717, 1.165) is 19.5 Å². The maximum atomic E-state index is 13.4. The van der Waals surface area contributed by atoms with Crippen molar-refractivity contribution in [3.63, 3.8) is 0 Å². The molecule has 1 amide bonds. The average Bonchev–Trinajstić information content (AvgIpc) is 3.21.